The zero-order chi connectivity index (χ0) is 28.2. The van der Waals surface area contributed by atoms with E-state index in [0.29, 0.717) is 65.8 Å². The first-order valence-electron chi connectivity index (χ1n) is 14.5. The Morgan fingerprint density at radius 1 is 0.725 bits per heavy atom. The molecule has 0 saturated carbocycles. The third-order valence-corrected chi connectivity index (χ3v) is 8.05. The minimum atomic E-state index is -0.375. The van der Waals surface area contributed by atoms with Crippen molar-refractivity contribution in [2.24, 2.45) is 0 Å². The van der Waals surface area contributed by atoms with Gasteiger partial charge in [0.15, 0.2) is 0 Å². The number of carbonyl (C=O) groups excluding carboxylic acids is 4. The van der Waals surface area contributed by atoms with Gasteiger partial charge in [0.05, 0.1) is 11.1 Å². The van der Waals surface area contributed by atoms with E-state index in [9.17, 15) is 19.2 Å². The third kappa shape index (κ3) is 6.51. The molecule has 0 atom stereocenters. The molecular formula is C30H40N6O4. The minimum absolute atomic E-state index is 0.117. The molecule has 40 heavy (non-hydrogen) atoms. The van der Waals surface area contributed by atoms with Gasteiger partial charge in [-0.1, -0.05) is 0 Å². The minimum Gasteiger partial charge on any atom is -0.326 e. The molecule has 0 unspecified atom stereocenters. The number of nitrogens with zero attached hydrogens (tertiary/aromatic N) is 4. The fraction of sp³-hybridized carbons (Fsp3) is 0.533. The van der Waals surface area contributed by atoms with E-state index in [1.165, 1.54) is 30.6 Å². The van der Waals surface area contributed by atoms with Gasteiger partial charge in [0.2, 0.25) is 11.8 Å². The summed E-state index contributed by atoms with van der Waals surface area (Å²) in [7, 11) is 3.78. The van der Waals surface area contributed by atoms with Crippen LogP contribution in [0.5, 0.6) is 0 Å². The van der Waals surface area contributed by atoms with Gasteiger partial charge in [-0.05, 0) is 95.6 Å². The summed E-state index contributed by atoms with van der Waals surface area (Å²) in [6, 6.07) is 6.91. The van der Waals surface area contributed by atoms with E-state index in [-0.39, 0.29) is 30.2 Å². The van der Waals surface area contributed by atoms with Crippen molar-refractivity contribution in [3.05, 3.63) is 35.4 Å². The third-order valence-electron chi connectivity index (χ3n) is 8.05. The van der Waals surface area contributed by atoms with Crippen LogP contribution in [0, 0.1) is 0 Å². The predicted octanol–water partition coefficient (Wildman–Crippen LogP) is 2.85. The van der Waals surface area contributed by atoms with E-state index in [1.54, 1.807) is 24.3 Å². The second-order valence-corrected chi connectivity index (χ2v) is 11.4. The van der Waals surface area contributed by atoms with Gasteiger partial charge < -0.3 is 25.3 Å². The van der Waals surface area contributed by atoms with Gasteiger partial charge >= 0.3 is 0 Å². The Balaban J connectivity index is 1.41. The SMILES string of the molecule is CN(C)CCN1C(=O)c2cc(NC(=O)CCN3CCCC3)cc3cc(NC(=O)CCN4CCCC4)cc(c23)C1=O. The maximum Gasteiger partial charge on any atom is 0.261 e. The highest BCUT2D eigenvalue weighted by molar-refractivity contribution is 6.26. The number of hydrogen-bond donors (Lipinski definition) is 2. The Labute approximate surface area is 235 Å². The van der Waals surface area contributed by atoms with Crippen molar-refractivity contribution in [1.29, 1.82) is 0 Å². The number of nitrogens with one attached hydrogen (secondary N) is 2. The van der Waals surface area contributed by atoms with Gasteiger partial charge in [0, 0.05) is 55.8 Å². The molecule has 214 valence electrons. The summed E-state index contributed by atoms with van der Waals surface area (Å²) in [5.74, 6) is -0.984. The number of amides is 4. The summed E-state index contributed by atoms with van der Waals surface area (Å²) in [6.45, 7) is 6.26. The molecule has 2 aromatic carbocycles. The van der Waals surface area contributed by atoms with Gasteiger partial charge in [0.25, 0.3) is 11.8 Å². The number of anilines is 2. The standard InChI is InChI=1S/C30H40N6O4/c1-33(2)15-16-36-29(39)24-19-22(31-26(37)7-13-34-9-3-4-10-34)17-21-18-23(20-25(28(21)24)30(36)40)32-27(38)8-14-35-11-5-6-12-35/h17-20H,3-16H2,1-2H3,(H,31,37)(H,32,38). The van der Waals surface area contributed by atoms with Crippen LogP contribution in [0.2, 0.25) is 0 Å². The summed E-state index contributed by atoms with van der Waals surface area (Å²) < 4.78 is 0. The molecule has 2 fully saturated rings. The number of carbonyl (C=O) groups is 4. The van der Waals surface area contributed by atoms with Crippen molar-refractivity contribution in [3.8, 4) is 0 Å². The zero-order valence-electron chi connectivity index (χ0n) is 23.6. The lowest BCUT2D eigenvalue weighted by molar-refractivity contribution is -0.117. The van der Waals surface area contributed by atoms with Gasteiger partial charge in [-0.15, -0.1) is 0 Å². The molecule has 10 heteroatoms. The quantitative estimate of drug-likeness (QED) is 0.416. The van der Waals surface area contributed by atoms with Crippen LogP contribution in [-0.4, -0.2) is 110 Å². The van der Waals surface area contributed by atoms with Gasteiger partial charge in [-0.3, -0.25) is 24.1 Å². The Morgan fingerprint density at radius 3 is 1.60 bits per heavy atom. The number of likely N-dealkylation sites (tertiary alicyclic amines) is 2. The first-order valence-corrected chi connectivity index (χ1v) is 14.5. The fourth-order valence-electron chi connectivity index (χ4n) is 5.86. The number of hydrogen-bond acceptors (Lipinski definition) is 7. The Bertz CT molecular complexity index is 1210. The molecule has 0 radical (unpaired) electrons. The lowest BCUT2D eigenvalue weighted by Gasteiger charge is -2.29. The second kappa shape index (κ2) is 12.4. The summed E-state index contributed by atoms with van der Waals surface area (Å²) in [4.78, 5) is 60.4. The topological polar surface area (TPSA) is 105 Å². The van der Waals surface area contributed by atoms with Crippen molar-refractivity contribution in [1.82, 2.24) is 19.6 Å². The van der Waals surface area contributed by atoms with Crippen LogP contribution in [0.3, 0.4) is 0 Å². The highest BCUT2D eigenvalue weighted by Gasteiger charge is 2.34. The molecule has 4 amide bonds. The molecule has 5 rings (SSSR count). The predicted molar refractivity (Wildman–Crippen MR) is 156 cm³/mol. The van der Waals surface area contributed by atoms with Crippen molar-refractivity contribution in [2.75, 3.05) is 77.1 Å². The molecule has 2 saturated heterocycles. The van der Waals surface area contributed by atoms with Crippen molar-refractivity contribution < 1.29 is 19.2 Å². The number of rotatable bonds is 11. The normalized spacial score (nSPS) is 17.8. The largest absolute Gasteiger partial charge is 0.326 e. The van der Waals surface area contributed by atoms with Crippen LogP contribution in [0.25, 0.3) is 10.8 Å². The van der Waals surface area contributed by atoms with E-state index in [0.717, 1.165) is 26.2 Å². The summed E-state index contributed by atoms with van der Waals surface area (Å²) >= 11 is 0. The van der Waals surface area contributed by atoms with Crippen LogP contribution in [0.4, 0.5) is 11.4 Å². The second-order valence-electron chi connectivity index (χ2n) is 11.4. The molecule has 3 aliphatic rings. The van der Waals surface area contributed by atoms with E-state index in [2.05, 4.69) is 20.4 Å². The van der Waals surface area contributed by atoms with Gasteiger partial charge in [-0.25, -0.2) is 0 Å². The van der Waals surface area contributed by atoms with E-state index in [4.69, 9.17) is 0 Å². The smallest absolute Gasteiger partial charge is 0.261 e. The molecule has 0 spiro atoms. The lowest BCUT2D eigenvalue weighted by atomic mass is 9.92. The van der Waals surface area contributed by atoms with Gasteiger partial charge in [-0.2, -0.15) is 0 Å². The van der Waals surface area contributed by atoms with Crippen molar-refractivity contribution >= 4 is 45.8 Å². The molecule has 0 bridgehead atoms. The molecule has 0 aromatic heterocycles. The molecule has 2 aromatic rings. The van der Waals surface area contributed by atoms with Gasteiger partial charge in [0.1, 0.15) is 0 Å². The fourth-order valence-corrected chi connectivity index (χ4v) is 5.86. The molecular weight excluding hydrogens is 508 g/mol. The number of benzene rings is 2. The van der Waals surface area contributed by atoms with Crippen molar-refractivity contribution in [3.63, 3.8) is 0 Å². The number of imide groups is 1. The average molecular weight is 549 g/mol. The maximum absolute atomic E-state index is 13.5. The lowest BCUT2D eigenvalue weighted by Crippen LogP contribution is -2.43. The highest BCUT2D eigenvalue weighted by Crippen LogP contribution is 2.35. The first-order chi connectivity index (χ1) is 19.3. The first kappa shape index (κ1) is 28.2. The molecule has 10 nitrogen and oxygen atoms in total. The summed E-state index contributed by atoms with van der Waals surface area (Å²) in [5, 5.41) is 7.11. The Kier molecular flexibility index (Phi) is 8.78. The van der Waals surface area contributed by atoms with Crippen LogP contribution >= 0.6 is 0 Å². The van der Waals surface area contributed by atoms with E-state index < -0.39 is 0 Å². The molecule has 3 heterocycles. The maximum atomic E-state index is 13.5. The summed E-state index contributed by atoms with van der Waals surface area (Å²) in [5.41, 5.74) is 1.78. The van der Waals surface area contributed by atoms with Crippen molar-refractivity contribution in [2.45, 2.75) is 38.5 Å². The van der Waals surface area contributed by atoms with Crippen LogP contribution in [0.1, 0.15) is 59.2 Å². The Morgan fingerprint density at radius 2 is 1.18 bits per heavy atom. The molecule has 0 aliphatic carbocycles. The summed E-state index contributed by atoms with van der Waals surface area (Å²) in [6.07, 6.45) is 5.40. The molecule has 2 N–H and O–H groups in total. The number of likely N-dealkylation sites (N-methyl/N-ethyl adjacent to an activating group) is 1. The monoisotopic (exact) mass is 548 g/mol. The highest BCUT2D eigenvalue weighted by atomic mass is 16.2. The van der Waals surface area contributed by atoms with Crippen LogP contribution in [-0.2, 0) is 9.59 Å². The molecule has 3 aliphatic heterocycles. The van der Waals surface area contributed by atoms with E-state index >= 15 is 0 Å². The van der Waals surface area contributed by atoms with Crippen LogP contribution < -0.4 is 10.6 Å². The Hall–Kier alpha value is -3.34. The zero-order valence-corrected chi connectivity index (χ0v) is 23.6. The van der Waals surface area contributed by atoms with E-state index in [1.807, 2.05) is 19.0 Å². The van der Waals surface area contributed by atoms with Crippen LogP contribution in [0.15, 0.2) is 24.3 Å². The average Bonchev–Trinajstić information content (AvgIpc) is 3.63.